The average molecular weight is 312 g/mol. The second kappa shape index (κ2) is 5.58. The van der Waals surface area contributed by atoms with Crippen LogP contribution in [0.5, 0.6) is 0 Å². The number of aryl methyl sites for hydroxylation is 1. The SMILES string of the molecule is Cc1ccc(C(C)(C)Nc2nc(Cl)nc3ccccc23)cc1. The van der Waals surface area contributed by atoms with Gasteiger partial charge in [0.25, 0.3) is 0 Å². The fraction of sp³-hybridized carbons (Fsp3) is 0.222. The van der Waals surface area contributed by atoms with Crippen LogP contribution in [0.1, 0.15) is 25.0 Å². The molecule has 0 aliphatic heterocycles. The Kier molecular flexibility index (Phi) is 3.75. The number of halogens is 1. The van der Waals surface area contributed by atoms with Crippen LogP contribution >= 0.6 is 11.6 Å². The van der Waals surface area contributed by atoms with Gasteiger partial charge in [0.2, 0.25) is 5.28 Å². The first-order valence-corrected chi connectivity index (χ1v) is 7.61. The maximum atomic E-state index is 6.06. The third-order valence-corrected chi connectivity index (χ3v) is 3.95. The fourth-order valence-corrected chi connectivity index (χ4v) is 2.66. The van der Waals surface area contributed by atoms with Crippen molar-refractivity contribution in [3.63, 3.8) is 0 Å². The topological polar surface area (TPSA) is 37.8 Å². The number of rotatable bonds is 3. The molecular formula is C18H18ClN3. The molecule has 4 heteroatoms. The molecular weight excluding hydrogens is 294 g/mol. The zero-order valence-corrected chi connectivity index (χ0v) is 13.6. The standard InChI is InChI=1S/C18H18ClN3/c1-12-8-10-13(11-9-12)18(2,3)22-16-14-6-4-5-7-15(14)20-17(19)21-16/h4-11H,1-3H3,(H,20,21,22). The first kappa shape index (κ1) is 14.8. The average Bonchev–Trinajstić information content (AvgIpc) is 2.47. The van der Waals surface area contributed by atoms with Crippen molar-refractivity contribution in [2.75, 3.05) is 5.32 Å². The summed E-state index contributed by atoms with van der Waals surface area (Å²) in [6.45, 7) is 6.34. The number of nitrogens with zero attached hydrogens (tertiary/aromatic N) is 2. The number of benzene rings is 2. The van der Waals surface area contributed by atoms with Gasteiger partial charge in [-0.15, -0.1) is 0 Å². The number of hydrogen-bond donors (Lipinski definition) is 1. The highest BCUT2D eigenvalue weighted by molar-refractivity contribution is 6.28. The summed E-state index contributed by atoms with van der Waals surface area (Å²) in [5.74, 6) is 0.751. The van der Waals surface area contributed by atoms with E-state index in [0.717, 1.165) is 16.7 Å². The number of hydrogen-bond acceptors (Lipinski definition) is 3. The minimum absolute atomic E-state index is 0.251. The van der Waals surface area contributed by atoms with Gasteiger partial charge in [-0.25, -0.2) is 9.97 Å². The zero-order chi connectivity index (χ0) is 15.7. The Hall–Kier alpha value is -2.13. The van der Waals surface area contributed by atoms with Crippen molar-refractivity contribution in [1.82, 2.24) is 9.97 Å². The normalized spacial score (nSPS) is 11.6. The van der Waals surface area contributed by atoms with Crippen LogP contribution in [0.2, 0.25) is 5.28 Å². The Morgan fingerprint density at radius 3 is 2.36 bits per heavy atom. The van der Waals surface area contributed by atoms with Crippen molar-refractivity contribution in [3.8, 4) is 0 Å². The third-order valence-electron chi connectivity index (χ3n) is 3.78. The zero-order valence-electron chi connectivity index (χ0n) is 12.9. The summed E-state index contributed by atoms with van der Waals surface area (Å²) in [4.78, 5) is 8.64. The molecule has 0 aliphatic carbocycles. The maximum absolute atomic E-state index is 6.06. The van der Waals surface area contributed by atoms with Gasteiger partial charge in [-0.3, -0.25) is 0 Å². The predicted octanol–water partition coefficient (Wildman–Crippen LogP) is 4.94. The van der Waals surface area contributed by atoms with Crippen molar-refractivity contribution in [2.45, 2.75) is 26.3 Å². The lowest BCUT2D eigenvalue weighted by Crippen LogP contribution is -2.28. The molecule has 0 bridgehead atoms. The molecule has 0 saturated carbocycles. The van der Waals surface area contributed by atoms with E-state index >= 15 is 0 Å². The van der Waals surface area contributed by atoms with Gasteiger partial charge in [-0.05, 0) is 50.1 Å². The van der Waals surface area contributed by atoms with Crippen molar-refractivity contribution in [3.05, 3.63) is 64.9 Å². The third kappa shape index (κ3) is 2.90. The minimum Gasteiger partial charge on any atom is -0.360 e. The lowest BCUT2D eigenvalue weighted by Gasteiger charge is -2.28. The number of fused-ring (bicyclic) bond motifs is 1. The Morgan fingerprint density at radius 2 is 1.64 bits per heavy atom. The van der Waals surface area contributed by atoms with Crippen LogP contribution in [0.3, 0.4) is 0 Å². The Labute approximate surface area is 135 Å². The molecule has 1 aromatic heterocycles. The van der Waals surface area contributed by atoms with Gasteiger partial charge < -0.3 is 5.32 Å². The molecule has 1 N–H and O–H groups in total. The van der Waals surface area contributed by atoms with Crippen molar-refractivity contribution in [2.24, 2.45) is 0 Å². The molecule has 22 heavy (non-hydrogen) atoms. The van der Waals surface area contributed by atoms with Crippen LogP contribution in [-0.4, -0.2) is 9.97 Å². The summed E-state index contributed by atoms with van der Waals surface area (Å²) in [7, 11) is 0. The molecule has 3 aromatic rings. The fourth-order valence-electron chi connectivity index (χ4n) is 2.48. The molecule has 3 nitrogen and oxygen atoms in total. The van der Waals surface area contributed by atoms with Crippen molar-refractivity contribution < 1.29 is 0 Å². The maximum Gasteiger partial charge on any atom is 0.224 e. The molecule has 0 fully saturated rings. The number of nitrogens with one attached hydrogen (secondary N) is 1. The van der Waals surface area contributed by atoms with E-state index in [1.807, 2.05) is 24.3 Å². The summed E-state index contributed by atoms with van der Waals surface area (Å²) >= 11 is 6.06. The summed E-state index contributed by atoms with van der Waals surface area (Å²) in [6, 6.07) is 16.4. The molecule has 0 saturated heterocycles. The summed E-state index contributed by atoms with van der Waals surface area (Å²) in [5.41, 5.74) is 3.01. The monoisotopic (exact) mass is 311 g/mol. The molecule has 0 radical (unpaired) electrons. The second-order valence-corrected chi connectivity index (χ2v) is 6.31. The van der Waals surface area contributed by atoms with Gasteiger partial charge in [-0.1, -0.05) is 42.0 Å². The summed E-state index contributed by atoms with van der Waals surface area (Å²) < 4.78 is 0. The minimum atomic E-state index is -0.270. The van der Waals surface area contributed by atoms with Gasteiger partial charge >= 0.3 is 0 Å². The number of aromatic nitrogens is 2. The van der Waals surface area contributed by atoms with E-state index in [2.05, 4.69) is 60.3 Å². The molecule has 0 spiro atoms. The largest absolute Gasteiger partial charge is 0.360 e. The van der Waals surface area contributed by atoms with E-state index in [4.69, 9.17) is 11.6 Å². The lowest BCUT2D eigenvalue weighted by molar-refractivity contribution is 0.607. The van der Waals surface area contributed by atoms with Crippen LogP contribution in [0, 0.1) is 6.92 Å². The quantitative estimate of drug-likeness (QED) is 0.696. The molecule has 0 amide bonds. The number of para-hydroxylation sites is 1. The van der Waals surface area contributed by atoms with Gasteiger partial charge in [0.05, 0.1) is 11.1 Å². The van der Waals surface area contributed by atoms with Gasteiger partial charge in [-0.2, -0.15) is 0 Å². The highest BCUT2D eigenvalue weighted by Crippen LogP contribution is 2.29. The van der Waals surface area contributed by atoms with E-state index in [9.17, 15) is 0 Å². The molecule has 112 valence electrons. The van der Waals surface area contributed by atoms with E-state index in [0.29, 0.717) is 0 Å². The van der Waals surface area contributed by atoms with E-state index in [1.165, 1.54) is 11.1 Å². The Bertz CT molecular complexity index is 810. The van der Waals surface area contributed by atoms with E-state index in [1.54, 1.807) is 0 Å². The van der Waals surface area contributed by atoms with E-state index < -0.39 is 0 Å². The van der Waals surface area contributed by atoms with Crippen LogP contribution in [-0.2, 0) is 5.54 Å². The van der Waals surface area contributed by atoms with Gasteiger partial charge in [0, 0.05) is 5.39 Å². The molecule has 0 aliphatic rings. The highest BCUT2D eigenvalue weighted by Gasteiger charge is 2.22. The van der Waals surface area contributed by atoms with Crippen LogP contribution in [0.25, 0.3) is 10.9 Å². The summed E-state index contributed by atoms with van der Waals surface area (Å²) in [6.07, 6.45) is 0. The van der Waals surface area contributed by atoms with E-state index in [-0.39, 0.29) is 10.8 Å². The first-order chi connectivity index (χ1) is 10.5. The molecule has 3 rings (SSSR count). The molecule has 0 atom stereocenters. The summed E-state index contributed by atoms with van der Waals surface area (Å²) in [5, 5.41) is 4.72. The second-order valence-electron chi connectivity index (χ2n) is 5.97. The van der Waals surface area contributed by atoms with Crippen LogP contribution in [0.4, 0.5) is 5.82 Å². The smallest absolute Gasteiger partial charge is 0.224 e. The first-order valence-electron chi connectivity index (χ1n) is 7.23. The van der Waals surface area contributed by atoms with Gasteiger partial charge in [0.15, 0.2) is 0 Å². The Morgan fingerprint density at radius 1 is 0.955 bits per heavy atom. The highest BCUT2D eigenvalue weighted by atomic mass is 35.5. The lowest BCUT2D eigenvalue weighted by atomic mass is 9.93. The van der Waals surface area contributed by atoms with Crippen molar-refractivity contribution >= 4 is 28.3 Å². The van der Waals surface area contributed by atoms with Gasteiger partial charge in [0.1, 0.15) is 5.82 Å². The number of anilines is 1. The molecule has 0 unspecified atom stereocenters. The molecule has 2 aromatic carbocycles. The predicted molar refractivity (Wildman–Crippen MR) is 92.4 cm³/mol. The van der Waals surface area contributed by atoms with Crippen LogP contribution < -0.4 is 5.32 Å². The molecule has 1 heterocycles. The van der Waals surface area contributed by atoms with Crippen molar-refractivity contribution in [1.29, 1.82) is 0 Å². The van der Waals surface area contributed by atoms with Crippen LogP contribution in [0.15, 0.2) is 48.5 Å². The Balaban J connectivity index is 2.03.